The van der Waals surface area contributed by atoms with Crippen LogP contribution in [0.5, 0.6) is 5.75 Å². The van der Waals surface area contributed by atoms with Gasteiger partial charge in [0.25, 0.3) is 0 Å². The van der Waals surface area contributed by atoms with Crippen molar-refractivity contribution in [3.05, 3.63) is 30.0 Å². The lowest BCUT2D eigenvalue weighted by Gasteiger charge is -2.34. The molecule has 1 aromatic heterocycles. The van der Waals surface area contributed by atoms with Crippen LogP contribution in [-0.2, 0) is 16.0 Å². The highest BCUT2D eigenvalue weighted by Crippen LogP contribution is 2.29. The van der Waals surface area contributed by atoms with Crippen LogP contribution < -0.4 is 10.1 Å². The number of amides is 1. The zero-order valence-corrected chi connectivity index (χ0v) is 13.7. The zero-order chi connectivity index (χ0) is 17.2. The molecule has 3 N–H and O–H groups in total. The van der Waals surface area contributed by atoms with Crippen molar-refractivity contribution < 1.29 is 19.4 Å². The molecule has 1 amide bonds. The van der Waals surface area contributed by atoms with Gasteiger partial charge in [0.15, 0.2) is 0 Å². The third-order valence-electron chi connectivity index (χ3n) is 4.82. The summed E-state index contributed by atoms with van der Waals surface area (Å²) >= 11 is 0. The van der Waals surface area contributed by atoms with E-state index in [0.29, 0.717) is 12.8 Å². The number of ether oxygens (including phenoxy) is 1. The normalized spacial score (nSPS) is 16.7. The number of hydrogen-bond acceptors (Lipinski definition) is 3. The Morgan fingerprint density at radius 2 is 2.04 bits per heavy atom. The lowest BCUT2D eigenvalue weighted by molar-refractivity contribution is -0.149. The van der Waals surface area contributed by atoms with Crippen LogP contribution in [-0.4, -0.2) is 34.6 Å². The molecule has 6 nitrogen and oxygen atoms in total. The third-order valence-corrected chi connectivity index (χ3v) is 4.82. The average molecular weight is 330 g/mol. The maximum Gasteiger partial charge on any atom is 0.329 e. The van der Waals surface area contributed by atoms with E-state index in [1.165, 1.54) is 0 Å². The number of carboxylic acid groups (broad SMARTS) is 1. The quantitative estimate of drug-likeness (QED) is 0.786. The molecule has 0 aliphatic heterocycles. The van der Waals surface area contributed by atoms with Gasteiger partial charge in [-0.1, -0.05) is 19.3 Å². The average Bonchev–Trinajstić information content (AvgIpc) is 2.97. The van der Waals surface area contributed by atoms with E-state index in [1.54, 1.807) is 13.3 Å². The molecular weight excluding hydrogens is 308 g/mol. The molecule has 24 heavy (non-hydrogen) atoms. The highest BCUT2D eigenvalue weighted by molar-refractivity contribution is 5.92. The van der Waals surface area contributed by atoms with Gasteiger partial charge in [-0.15, -0.1) is 0 Å². The topological polar surface area (TPSA) is 91.4 Å². The third kappa shape index (κ3) is 3.09. The van der Waals surface area contributed by atoms with Crippen LogP contribution in [0.3, 0.4) is 0 Å². The minimum absolute atomic E-state index is 0.141. The number of nitrogens with one attached hydrogen (secondary N) is 2. The number of benzene rings is 1. The summed E-state index contributed by atoms with van der Waals surface area (Å²) in [6, 6.07) is 5.63. The Morgan fingerprint density at radius 3 is 2.71 bits per heavy atom. The van der Waals surface area contributed by atoms with Crippen LogP contribution in [0.2, 0.25) is 0 Å². The molecule has 0 spiro atoms. The summed E-state index contributed by atoms with van der Waals surface area (Å²) in [6.07, 6.45) is 5.60. The van der Waals surface area contributed by atoms with E-state index in [1.807, 2.05) is 18.2 Å². The van der Waals surface area contributed by atoms with E-state index in [2.05, 4.69) is 10.3 Å². The van der Waals surface area contributed by atoms with Gasteiger partial charge < -0.3 is 20.1 Å². The standard InChI is InChI=1S/C18H22N2O4/c1-24-13-5-6-15-14(10-13)12(11-19-15)9-16(21)20-18(17(22)23)7-3-2-4-8-18/h5-6,10-11,19H,2-4,7-9H2,1H3,(H,20,21)(H,22,23). The second-order valence-corrected chi connectivity index (χ2v) is 6.40. The highest BCUT2D eigenvalue weighted by atomic mass is 16.5. The monoisotopic (exact) mass is 330 g/mol. The van der Waals surface area contributed by atoms with Gasteiger partial charge in [0, 0.05) is 17.1 Å². The molecule has 0 saturated heterocycles. The molecule has 128 valence electrons. The van der Waals surface area contributed by atoms with Crippen molar-refractivity contribution in [2.24, 2.45) is 0 Å². The Kier molecular flexibility index (Phi) is 4.46. The smallest absolute Gasteiger partial charge is 0.329 e. The summed E-state index contributed by atoms with van der Waals surface area (Å²) in [5.74, 6) is -0.475. The number of carboxylic acids is 1. The van der Waals surface area contributed by atoms with E-state index < -0.39 is 11.5 Å². The summed E-state index contributed by atoms with van der Waals surface area (Å²) in [6.45, 7) is 0. The van der Waals surface area contributed by atoms with Crippen molar-refractivity contribution >= 4 is 22.8 Å². The van der Waals surface area contributed by atoms with Gasteiger partial charge >= 0.3 is 5.97 Å². The maximum absolute atomic E-state index is 12.5. The Bertz CT molecular complexity index is 759. The molecule has 0 bridgehead atoms. The van der Waals surface area contributed by atoms with Gasteiger partial charge in [0.2, 0.25) is 5.91 Å². The fraction of sp³-hybridized carbons (Fsp3) is 0.444. The fourth-order valence-corrected chi connectivity index (χ4v) is 3.46. The number of H-pyrrole nitrogens is 1. The summed E-state index contributed by atoms with van der Waals surface area (Å²) in [7, 11) is 1.60. The van der Waals surface area contributed by atoms with Crippen molar-refractivity contribution in [1.29, 1.82) is 0 Å². The first-order chi connectivity index (χ1) is 11.5. The van der Waals surface area contributed by atoms with E-state index in [9.17, 15) is 14.7 Å². The largest absolute Gasteiger partial charge is 0.497 e. The van der Waals surface area contributed by atoms with Gasteiger partial charge in [-0.25, -0.2) is 4.79 Å². The van der Waals surface area contributed by atoms with Gasteiger partial charge in [-0.3, -0.25) is 4.79 Å². The van der Waals surface area contributed by atoms with E-state index >= 15 is 0 Å². The van der Waals surface area contributed by atoms with Crippen molar-refractivity contribution in [2.45, 2.75) is 44.1 Å². The lowest BCUT2D eigenvalue weighted by atomic mass is 9.81. The number of methoxy groups -OCH3 is 1. The number of hydrogen-bond donors (Lipinski definition) is 3. The van der Waals surface area contributed by atoms with Crippen molar-refractivity contribution in [3.8, 4) is 5.75 Å². The second kappa shape index (κ2) is 6.55. The molecule has 0 unspecified atom stereocenters. The Labute approximate surface area is 140 Å². The van der Waals surface area contributed by atoms with E-state index in [4.69, 9.17) is 4.74 Å². The van der Waals surface area contributed by atoms with Gasteiger partial charge in [0.05, 0.1) is 13.5 Å². The number of rotatable bonds is 5. The summed E-state index contributed by atoms with van der Waals surface area (Å²) < 4.78 is 5.23. The van der Waals surface area contributed by atoms with E-state index in [-0.39, 0.29) is 12.3 Å². The predicted molar refractivity (Wildman–Crippen MR) is 90.1 cm³/mol. The fourth-order valence-electron chi connectivity index (χ4n) is 3.46. The maximum atomic E-state index is 12.5. The first-order valence-electron chi connectivity index (χ1n) is 8.22. The lowest BCUT2D eigenvalue weighted by Crippen LogP contribution is -2.55. The van der Waals surface area contributed by atoms with Gasteiger partial charge in [-0.2, -0.15) is 0 Å². The highest BCUT2D eigenvalue weighted by Gasteiger charge is 2.40. The molecule has 1 aromatic carbocycles. The Balaban J connectivity index is 1.78. The summed E-state index contributed by atoms with van der Waals surface area (Å²) in [4.78, 5) is 27.3. The SMILES string of the molecule is COc1ccc2[nH]cc(CC(=O)NC3(C(=O)O)CCCCC3)c2c1. The molecule has 1 heterocycles. The minimum atomic E-state index is -1.11. The Morgan fingerprint density at radius 1 is 1.29 bits per heavy atom. The molecule has 1 aliphatic carbocycles. The van der Waals surface area contributed by atoms with Crippen LogP contribution in [0.1, 0.15) is 37.7 Å². The molecule has 1 fully saturated rings. The van der Waals surface area contributed by atoms with E-state index in [0.717, 1.165) is 41.5 Å². The van der Waals surface area contributed by atoms with Gasteiger partial charge in [-0.05, 0) is 36.6 Å². The number of carbonyl (C=O) groups excluding carboxylic acids is 1. The van der Waals surface area contributed by atoms with Crippen LogP contribution in [0.4, 0.5) is 0 Å². The molecule has 0 atom stereocenters. The van der Waals surface area contributed by atoms with Crippen molar-refractivity contribution in [2.75, 3.05) is 7.11 Å². The number of carbonyl (C=O) groups is 2. The molecule has 6 heteroatoms. The van der Waals surface area contributed by atoms with Crippen molar-refractivity contribution in [1.82, 2.24) is 10.3 Å². The number of aliphatic carboxylic acids is 1. The first-order valence-corrected chi connectivity index (χ1v) is 8.22. The van der Waals surface area contributed by atoms with Crippen LogP contribution in [0, 0.1) is 0 Å². The zero-order valence-electron chi connectivity index (χ0n) is 13.7. The first kappa shape index (κ1) is 16.4. The molecule has 2 aromatic rings. The number of aromatic amines is 1. The van der Waals surface area contributed by atoms with Crippen LogP contribution in [0.15, 0.2) is 24.4 Å². The Hall–Kier alpha value is -2.50. The molecule has 1 aliphatic rings. The van der Waals surface area contributed by atoms with Gasteiger partial charge in [0.1, 0.15) is 11.3 Å². The number of fused-ring (bicyclic) bond motifs is 1. The molecule has 3 rings (SSSR count). The summed E-state index contributed by atoms with van der Waals surface area (Å²) in [5, 5.41) is 13.3. The van der Waals surface area contributed by atoms with Crippen LogP contribution in [0.25, 0.3) is 10.9 Å². The molecule has 0 radical (unpaired) electrons. The second-order valence-electron chi connectivity index (χ2n) is 6.40. The van der Waals surface area contributed by atoms with Crippen LogP contribution >= 0.6 is 0 Å². The molecular formula is C18H22N2O4. The minimum Gasteiger partial charge on any atom is -0.497 e. The molecule has 1 saturated carbocycles. The number of aromatic nitrogens is 1. The summed E-state index contributed by atoms with van der Waals surface area (Å²) in [5.41, 5.74) is 0.640. The van der Waals surface area contributed by atoms with Crippen molar-refractivity contribution in [3.63, 3.8) is 0 Å². The predicted octanol–water partition coefficient (Wildman–Crippen LogP) is 2.62.